The fourth-order valence-electron chi connectivity index (χ4n) is 2.24. The van der Waals surface area contributed by atoms with E-state index in [4.69, 9.17) is 4.74 Å². The number of rotatable bonds is 5. The number of carbonyl (C=O) groups is 1. The zero-order valence-electron chi connectivity index (χ0n) is 10.4. The molecule has 1 heterocycles. The van der Waals surface area contributed by atoms with Crippen molar-refractivity contribution < 1.29 is 22.7 Å². The maximum atomic E-state index is 13.4. The van der Waals surface area contributed by atoms with Crippen molar-refractivity contribution in [2.45, 2.75) is 38.2 Å². The predicted molar refractivity (Wildman–Crippen MR) is 63.5 cm³/mol. The van der Waals surface area contributed by atoms with Crippen LogP contribution < -0.4 is 0 Å². The molecule has 0 radical (unpaired) electrons. The zero-order valence-corrected chi connectivity index (χ0v) is 10.4. The number of carbonyl (C=O) groups excluding carboxylic acids is 1. The van der Waals surface area contributed by atoms with E-state index in [0.717, 1.165) is 38.0 Å². The molecule has 1 aromatic rings. The predicted octanol–water partition coefficient (Wildman–Crippen LogP) is 3.64. The van der Waals surface area contributed by atoms with E-state index < -0.39 is 23.2 Å². The van der Waals surface area contributed by atoms with Crippen LogP contribution in [-0.2, 0) is 4.74 Å². The first-order valence-electron chi connectivity index (χ1n) is 6.38. The second-order valence-corrected chi connectivity index (χ2v) is 4.67. The maximum Gasteiger partial charge on any atom is 0.195 e. The van der Waals surface area contributed by atoms with Crippen molar-refractivity contribution >= 4 is 5.78 Å². The fourth-order valence-corrected chi connectivity index (χ4v) is 2.24. The molecule has 19 heavy (non-hydrogen) atoms. The molecule has 5 heteroatoms. The summed E-state index contributed by atoms with van der Waals surface area (Å²) in [7, 11) is 0. The third kappa shape index (κ3) is 3.35. The van der Waals surface area contributed by atoms with E-state index in [9.17, 15) is 18.0 Å². The van der Waals surface area contributed by atoms with Crippen LogP contribution in [0.25, 0.3) is 0 Å². The Kier molecular flexibility index (Phi) is 4.58. The minimum Gasteiger partial charge on any atom is -0.378 e. The Hall–Kier alpha value is -1.36. The minimum absolute atomic E-state index is 0.113. The lowest BCUT2D eigenvalue weighted by atomic mass is 10.0. The van der Waals surface area contributed by atoms with Crippen LogP contribution in [0.5, 0.6) is 0 Å². The van der Waals surface area contributed by atoms with Gasteiger partial charge in [0, 0.05) is 13.0 Å². The minimum atomic E-state index is -1.59. The number of ketones is 1. The van der Waals surface area contributed by atoms with Gasteiger partial charge in [-0.3, -0.25) is 4.79 Å². The normalized spacial score (nSPS) is 18.8. The van der Waals surface area contributed by atoms with Crippen molar-refractivity contribution in [3.63, 3.8) is 0 Å². The summed E-state index contributed by atoms with van der Waals surface area (Å²) in [6.45, 7) is 0.746. The van der Waals surface area contributed by atoms with E-state index in [1.165, 1.54) is 0 Å². The van der Waals surface area contributed by atoms with Crippen molar-refractivity contribution in [3.8, 4) is 0 Å². The number of halogens is 3. The first kappa shape index (κ1) is 14.1. The van der Waals surface area contributed by atoms with Gasteiger partial charge in [-0.15, -0.1) is 0 Å². The molecular weight excluding hydrogens is 257 g/mol. The molecule has 2 nitrogen and oxygen atoms in total. The Balaban J connectivity index is 1.90. The number of Topliss-reactive ketones (excluding diaryl/α,β-unsaturated/α-hetero) is 1. The molecule has 1 saturated heterocycles. The Morgan fingerprint density at radius 2 is 2.05 bits per heavy atom. The highest BCUT2D eigenvalue weighted by molar-refractivity contribution is 5.96. The van der Waals surface area contributed by atoms with Gasteiger partial charge in [-0.1, -0.05) is 0 Å². The topological polar surface area (TPSA) is 26.3 Å². The molecule has 0 saturated carbocycles. The Bertz CT molecular complexity index is 468. The highest BCUT2D eigenvalue weighted by Gasteiger charge is 2.20. The molecule has 1 atom stereocenters. The second-order valence-electron chi connectivity index (χ2n) is 4.67. The van der Waals surface area contributed by atoms with Crippen LogP contribution in [0.15, 0.2) is 12.1 Å². The van der Waals surface area contributed by atoms with Gasteiger partial charge in [-0.25, -0.2) is 13.2 Å². The van der Waals surface area contributed by atoms with Crippen LogP contribution in [0.1, 0.15) is 42.5 Å². The first-order valence-corrected chi connectivity index (χ1v) is 6.38. The summed E-state index contributed by atoms with van der Waals surface area (Å²) < 4.78 is 44.5. The summed E-state index contributed by atoms with van der Waals surface area (Å²) in [6.07, 6.45) is 3.58. The average molecular weight is 272 g/mol. The first-order chi connectivity index (χ1) is 9.09. The van der Waals surface area contributed by atoms with Crippen LogP contribution in [0, 0.1) is 17.5 Å². The highest BCUT2D eigenvalue weighted by atomic mass is 19.2. The average Bonchev–Trinajstić information content (AvgIpc) is 2.89. The summed E-state index contributed by atoms with van der Waals surface area (Å²) in [4.78, 5) is 11.7. The molecule has 1 aliphatic rings. The van der Waals surface area contributed by atoms with Crippen LogP contribution in [0.3, 0.4) is 0 Å². The van der Waals surface area contributed by atoms with E-state index in [-0.39, 0.29) is 18.1 Å². The van der Waals surface area contributed by atoms with Gasteiger partial charge >= 0.3 is 0 Å². The molecular formula is C14H15F3O2. The quantitative estimate of drug-likeness (QED) is 0.604. The largest absolute Gasteiger partial charge is 0.378 e. The molecule has 1 unspecified atom stereocenters. The number of benzene rings is 1. The van der Waals surface area contributed by atoms with Crippen LogP contribution in [-0.4, -0.2) is 18.5 Å². The molecule has 0 spiro atoms. The smallest absolute Gasteiger partial charge is 0.195 e. The van der Waals surface area contributed by atoms with Gasteiger partial charge in [0.1, 0.15) is 0 Å². The summed E-state index contributed by atoms with van der Waals surface area (Å²) >= 11 is 0. The Morgan fingerprint density at radius 1 is 1.26 bits per heavy atom. The molecule has 0 N–H and O–H groups in total. The van der Waals surface area contributed by atoms with Crippen LogP contribution in [0.2, 0.25) is 0 Å². The van der Waals surface area contributed by atoms with Crippen LogP contribution >= 0.6 is 0 Å². The summed E-state index contributed by atoms with van der Waals surface area (Å²) in [5, 5.41) is 0. The van der Waals surface area contributed by atoms with Crippen molar-refractivity contribution in [1.29, 1.82) is 0 Å². The maximum absolute atomic E-state index is 13.4. The van der Waals surface area contributed by atoms with Crippen LogP contribution in [0.4, 0.5) is 13.2 Å². The fraction of sp³-hybridized carbons (Fsp3) is 0.500. The number of hydrogen-bond acceptors (Lipinski definition) is 2. The Labute approximate surface area is 109 Å². The zero-order chi connectivity index (χ0) is 13.8. The van der Waals surface area contributed by atoms with E-state index in [1.54, 1.807) is 0 Å². The van der Waals surface area contributed by atoms with E-state index in [2.05, 4.69) is 0 Å². The van der Waals surface area contributed by atoms with E-state index in [0.29, 0.717) is 6.42 Å². The molecule has 0 aromatic heterocycles. The summed E-state index contributed by atoms with van der Waals surface area (Å²) in [5.41, 5.74) is -0.383. The summed E-state index contributed by atoms with van der Waals surface area (Å²) in [6, 6.07) is 1.76. The third-order valence-electron chi connectivity index (χ3n) is 3.29. The second kappa shape index (κ2) is 6.19. The van der Waals surface area contributed by atoms with Gasteiger partial charge < -0.3 is 4.74 Å². The molecule has 1 aliphatic heterocycles. The van der Waals surface area contributed by atoms with Gasteiger partial charge in [-0.2, -0.15) is 0 Å². The van der Waals surface area contributed by atoms with Crippen molar-refractivity contribution in [2.75, 3.05) is 6.61 Å². The van der Waals surface area contributed by atoms with Crippen molar-refractivity contribution in [2.24, 2.45) is 0 Å². The molecule has 0 bridgehead atoms. The van der Waals surface area contributed by atoms with Gasteiger partial charge in [0.2, 0.25) is 0 Å². The van der Waals surface area contributed by atoms with Crippen molar-refractivity contribution in [3.05, 3.63) is 35.1 Å². The van der Waals surface area contributed by atoms with Gasteiger partial charge in [0.05, 0.1) is 11.7 Å². The lowest BCUT2D eigenvalue weighted by molar-refractivity contribution is 0.0919. The molecule has 2 rings (SSSR count). The van der Waals surface area contributed by atoms with Gasteiger partial charge in [0.25, 0.3) is 0 Å². The Morgan fingerprint density at radius 3 is 2.74 bits per heavy atom. The number of hydrogen-bond donors (Lipinski definition) is 0. The lowest BCUT2D eigenvalue weighted by Crippen LogP contribution is -2.09. The summed E-state index contributed by atoms with van der Waals surface area (Å²) in [5.74, 6) is -4.78. The van der Waals surface area contributed by atoms with Gasteiger partial charge in [0.15, 0.2) is 23.2 Å². The molecule has 0 amide bonds. The highest BCUT2D eigenvalue weighted by Crippen LogP contribution is 2.20. The standard InChI is InChI=1S/C14H15F3O2/c15-11-7-6-10(13(16)14(11)17)12(18)5-1-3-9-4-2-8-19-9/h6-7,9H,1-5,8H2. The molecule has 104 valence electrons. The van der Waals surface area contributed by atoms with E-state index in [1.807, 2.05) is 0 Å². The SMILES string of the molecule is O=C(CCCC1CCCO1)c1ccc(F)c(F)c1F. The number of ether oxygens (including phenoxy) is 1. The van der Waals surface area contributed by atoms with Gasteiger partial charge in [-0.05, 0) is 37.8 Å². The van der Waals surface area contributed by atoms with E-state index >= 15 is 0 Å². The monoisotopic (exact) mass is 272 g/mol. The van der Waals surface area contributed by atoms with Crippen molar-refractivity contribution in [1.82, 2.24) is 0 Å². The molecule has 1 fully saturated rings. The third-order valence-corrected chi connectivity index (χ3v) is 3.29. The molecule has 1 aromatic carbocycles. The lowest BCUT2D eigenvalue weighted by Gasteiger charge is -2.08. The molecule has 0 aliphatic carbocycles.